The number of hydrogen-bond donors (Lipinski definition) is 0. The number of nitrogens with zero attached hydrogens (tertiary/aromatic N) is 3. The molecule has 0 bridgehead atoms. The maximum Gasteiger partial charge on any atom is 0.231 e. The van der Waals surface area contributed by atoms with E-state index in [4.69, 9.17) is 9.47 Å². The first-order chi connectivity index (χ1) is 12.6. The summed E-state index contributed by atoms with van der Waals surface area (Å²) < 4.78 is 10.7. The second-order valence-electron chi connectivity index (χ2n) is 6.46. The van der Waals surface area contributed by atoms with E-state index < -0.39 is 0 Å². The van der Waals surface area contributed by atoms with Crippen LogP contribution in [0.15, 0.2) is 42.6 Å². The van der Waals surface area contributed by atoms with Crippen molar-refractivity contribution in [3.63, 3.8) is 0 Å². The monoisotopic (exact) mass is 353 g/mol. The lowest BCUT2D eigenvalue weighted by atomic mass is 10.1. The van der Waals surface area contributed by atoms with E-state index >= 15 is 0 Å². The smallest absolute Gasteiger partial charge is 0.231 e. The van der Waals surface area contributed by atoms with Crippen molar-refractivity contribution in [2.45, 2.75) is 13.0 Å². The van der Waals surface area contributed by atoms with Crippen LogP contribution in [-0.4, -0.2) is 42.1 Å². The van der Waals surface area contributed by atoms with Gasteiger partial charge in [-0.05, 0) is 24.3 Å². The molecule has 1 aromatic carbocycles. The molecule has 0 aliphatic carbocycles. The van der Waals surface area contributed by atoms with Gasteiger partial charge in [-0.25, -0.2) is 0 Å². The van der Waals surface area contributed by atoms with Gasteiger partial charge >= 0.3 is 0 Å². The molecule has 1 fully saturated rings. The molecule has 0 N–H and O–H groups in total. The lowest BCUT2D eigenvalue weighted by Gasteiger charge is -2.21. The van der Waals surface area contributed by atoms with Crippen molar-refractivity contribution >= 4 is 17.5 Å². The lowest BCUT2D eigenvalue weighted by molar-refractivity contribution is -0.135. The average Bonchev–Trinajstić information content (AvgIpc) is 3.27. The molecule has 2 aliphatic heterocycles. The molecule has 2 aromatic rings. The highest BCUT2D eigenvalue weighted by Gasteiger charge is 2.37. The third-order valence-corrected chi connectivity index (χ3v) is 4.64. The van der Waals surface area contributed by atoms with Gasteiger partial charge in [-0.3, -0.25) is 14.6 Å². The van der Waals surface area contributed by atoms with Gasteiger partial charge < -0.3 is 19.3 Å². The summed E-state index contributed by atoms with van der Waals surface area (Å²) in [5, 5.41) is 0. The van der Waals surface area contributed by atoms with Crippen LogP contribution < -0.4 is 14.4 Å². The Balaban J connectivity index is 1.44. The van der Waals surface area contributed by atoms with Crippen LogP contribution in [0.5, 0.6) is 11.5 Å². The van der Waals surface area contributed by atoms with E-state index in [1.54, 1.807) is 35.2 Å². The van der Waals surface area contributed by atoms with Crippen LogP contribution in [0.2, 0.25) is 0 Å². The molecule has 1 atom stereocenters. The van der Waals surface area contributed by atoms with Crippen molar-refractivity contribution in [2.75, 3.05) is 25.3 Å². The molecule has 0 spiro atoms. The van der Waals surface area contributed by atoms with Gasteiger partial charge in [-0.15, -0.1) is 0 Å². The normalized spacial score (nSPS) is 18.3. The number of anilines is 1. The van der Waals surface area contributed by atoms with Crippen LogP contribution in [0.3, 0.4) is 0 Å². The summed E-state index contributed by atoms with van der Waals surface area (Å²) in [7, 11) is 1.74. The fourth-order valence-corrected chi connectivity index (χ4v) is 3.30. The number of hydrogen-bond acceptors (Lipinski definition) is 5. The fraction of sp³-hybridized carbons (Fsp3) is 0.316. The number of carbonyl (C=O) groups excluding carboxylic acids is 2. The van der Waals surface area contributed by atoms with E-state index in [2.05, 4.69) is 4.98 Å². The standard InChI is InChI=1S/C19H19N3O4/c1-21(11-14-4-2-3-7-20-14)19(24)13-8-18(23)22(10-13)15-5-6-16-17(9-15)26-12-25-16/h2-7,9,13H,8,10-12H2,1H3. The number of ether oxygens (including phenoxy) is 2. The minimum absolute atomic E-state index is 0.0488. The first-order valence-corrected chi connectivity index (χ1v) is 8.47. The third kappa shape index (κ3) is 3.08. The first kappa shape index (κ1) is 16.4. The zero-order chi connectivity index (χ0) is 18.1. The molecule has 1 unspecified atom stereocenters. The van der Waals surface area contributed by atoms with Crippen molar-refractivity contribution in [1.29, 1.82) is 0 Å². The molecule has 0 radical (unpaired) electrons. The number of aromatic nitrogens is 1. The van der Waals surface area contributed by atoms with Gasteiger partial charge in [0.2, 0.25) is 18.6 Å². The minimum atomic E-state index is -0.360. The highest BCUT2D eigenvalue weighted by atomic mass is 16.7. The van der Waals surface area contributed by atoms with Crippen LogP contribution in [-0.2, 0) is 16.1 Å². The maximum atomic E-state index is 12.7. The van der Waals surface area contributed by atoms with E-state index in [-0.39, 0.29) is 30.9 Å². The molecule has 0 saturated carbocycles. The summed E-state index contributed by atoms with van der Waals surface area (Å²) in [5.41, 5.74) is 1.54. The molecule has 4 rings (SSSR count). The Labute approximate surface area is 151 Å². The topological polar surface area (TPSA) is 72.0 Å². The highest BCUT2D eigenvalue weighted by molar-refractivity contribution is 6.00. The van der Waals surface area contributed by atoms with E-state index in [0.29, 0.717) is 24.6 Å². The van der Waals surface area contributed by atoms with Gasteiger partial charge in [0.15, 0.2) is 11.5 Å². The summed E-state index contributed by atoms with van der Waals surface area (Å²) in [5.74, 6) is 0.822. The molecule has 3 heterocycles. The third-order valence-electron chi connectivity index (χ3n) is 4.64. The Morgan fingerprint density at radius 3 is 2.92 bits per heavy atom. The lowest BCUT2D eigenvalue weighted by Crippen LogP contribution is -2.34. The van der Waals surface area contributed by atoms with E-state index in [1.807, 2.05) is 24.3 Å². The Kier molecular flexibility index (Phi) is 4.20. The number of fused-ring (bicyclic) bond motifs is 1. The minimum Gasteiger partial charge on any atom is -0.454 e. The van der Waals surface area contributed by atoms with Gasteiger partial charge in [0, 0.05) is 38.0 Å². The molecule has 1 saturated heterocycles. The van der Waals surface area contributed by atoms with Crippen LogP contribution in [0.25, 0.3) is 0 Å². The average molecular weight is 353 g/mol. The SMILES string of the molecule is CN(Cc1ccccn1)C(=O)C1CC(=O)N(c2ccc3c(c2)OCO3)C1. The zero-order valence-electron chi connectivity index (χ0n) is 14.4. The molecule has 1 aromatic heterocycles. The Morgan fingerprint density at radius 1 is 1.27 bits per heavy atom. The predicted molar refractivity (Wildman–Crippen MR) is 93.7 cm³/mol. The van der Waals surface area contributed by atoms with Gasteiger partial charge in [0.25, 0.3) is 0 Å². The van der Waals surface area contributed by atoms with E-state index in [0.717, 1.165) is 11.4 Å². The predicted octanol–water partition coefficient (Wildman–Crippen LogP) is 1.82. The van der Waals surface area contributed by atoms with Crippen molar-refractivity contribution in [2.24, 2.45) is 5.92 Å². The Bertz CT molecular complexity index is 840. The van der Waals surface area contributed by atoms with Crippen LogP contribution >= 0.6 is 0 Å². The van der Waals surface area contributed by atoms with Crippen molar-refractivity contribution < 1.29 is 19.1 Å². The quantitative estimate of drug-likeness (QED) is 0.838. The van der Waals surface area contributed by atoms with Crippen LogP contribution in [0.4, 0.5) is 5.69 Å². The summed E-state index contributed by atoms with van der Waals surface area (Å²) in [6, 6.07) is 11.0. The Morgan fingerprint density at radius 2 is 2.12 bits per heavy atom. The molecule has 134 valence electrons. The number of pyridine rings is 1. The molecule has 7 nitrogen and oxygen atoms in total. The van der Waals surface area contributed by atoms with Gasteiger partial charge in [0.1, 0.15) is 0 Å². The number of carbonyl (C=O) groups is 2. The first-order valence-electron chi connectivity index (χ1n) is 8.47. The van der Waals surface area contributed by atoms with Crippen molar-refractivity contribution in [3.05, 3.63) is 48.3 Å². The van der Waals surface area contributed by atoms with Gasteiger partial charge in [-0.1, -0.05) is 6.07 Å². The van der Waals surface area contributed by atoms with E-state index in [9.17, 15) is 9.59 Å². The number of rotatable bonds is 4. The molecule has 7 heteroatoms. The fourth-order valence-electron chi connectivity index (χ4n) is 3.30. The van der Waals surface area contributed by atoms with Gasteiger partial charge in [0.05, 0.1) is 18.2 Å². The summed E-state index contributed by atoms with van der Waals surface area (Å²) in [6.45, 7) is 0.977. The summed E-state index contributed by atoms with van der Waals surface area (Å²) in [6.07, 6.45) is 1.91. The molecule has 2 aliphatic rings. The molecular weight excluding hydrogens is 334 g/mol. The molecule has 26 heavy (non-hydrogen) atoms. The largest absolute Gasteiger partial charge is 0.454 e. The van der Waals surface area contributed by atoms with Gasteiger partial charge in [-0.2, -0.15) is 0 Å². The number of benzene rings is 1. The van der Waals surface area contributed by atoms with Crippen LogP contribution in [0.1, 0.15) is 12.1 Å². The second kappa shape index (κ2) is 6.67. The second-order valence-corrected chi connectivity index (χ2v) is 6.46. The number of amides is 2. The Hall–Kier alpha value is -3.09. The molecular formula is C19H19N3O4. The zero-order valence-corrected chi connectivity index (χ0v) is 14.4. The molecule has 2 amide bonds. The van der Waals surface area contributed by atoms with Crippen molar-refractivity contribution in [3.8, 4) is 11.5 Å². The van der Waals surface area contributed by atoms with E-state index in [1.165, 1.54) is 0 Å². The maximum absolute atomic E-state index is 12.7. The van der Waals surface area contributed by atoms with Crippen LogP contribution in [0, 0.1) is 5.92 Å². The van der Waals surface area contributed by atoms with Crippen molar-refractivity contribution in [1.82, 2.24) is 9.88 Å². The summed E-state index contributed by atoms with van der Waals surface area (Å²) in [4.78, 5) is 32.7. The summed E-state index contributed by atoms with van der Waals surface area (Å²) >= 11 is 0. The highest BCUT2D eigenvalue weighted by Crippen LogP contribution is 2.37.